The van der Waals surface area contributed by atoms with Crippen LogP contribution in [0.25, 0.3) is 0 Å². The van der Waals surface area contributed by atoms with Gasteiger partial charge in [0.15, 0.2) is 0 Å². The molecular formula is C15H25NO4. The van der Waals surface area contributed by atoms with E-state index in [9.17, 15) is 9.59 Å². The highest BCUT2D eigenvalue weighted by atomic mass is 16.4. The number of aliphatic hydroxyl groups excluding tert-OH is 1. The number of aliphatic hydroxyl groups is 1. The first-order valence-electron chi connectivity index (χ1n) is 7.74. The van der Waals surface area contributed by atoms with Crippen LogP contribution in [0.2, 0.25) is 0 Å². The quantitative estimate of drug-likeness (QED) is 0.819. The van der Waals surface area contributed by atoms with Gasteiger partial charge in [0.05, 0.1) is 5.92 Å². The maximum absolute atomic E-state index is 12.5. The second-order valence-electron chi connectivity index (χ2n) is 6.20. The average Bonchev–Trinajstić information content (AvgIpc) is 2.47. The van der Waals surface area contributed by atoms with Crippen molar-refractivity contribution >= 4 is 11.9 Å². The number of hydrogen-bond acceptors (Lipinski definition) is 3. The standard InChI is InChI=1S/C15H25NO4/c17-8-6-11-3-2-7-16(10-11)14(18)12-4-1-5-13(9-12)15(19)20/h11-13,17H,1-10H2,(H,19,20). The van der Waals surface area contributed by atoms with Crippen LogP contribution in [0.3, 0.4) is 0 Å². The third-order valence-corrected chi connectivity index (χ3v) is 4.74. The normalized spacial score (nSPS) is 31.1. The number of likely N-dealkylation sites (tertiary alicyclic amines) is 1. The summed E-state index contributed by atoms with van der Waals surface area (Å²) >= 11 is 0. The fraction of sp³-hybridized carbons (Fsp3) is 0.867. The predicted molar refractivity (Wildman–Crippen MR) is 74.1 cm³/mol. The first-order valence-corrected chi connectivity index (χ1v) is 7.74. The van der Waals surface area contributed by atoms with Crippen molar-refractivity contribution in [3.8, 4) is 0 Å². The fourth-order valence-electron chi connectivity index (χ4n) is 3.58. The van der Waals surface area contributed by atoms with E-state index < -0.39 is 5.97 Å². The van der Waals surface area contributed by atoms with E-state index in [0.717, 1.165) is 45.2 Å². The van der Waals surface area contributed by atoms with Crippen LogP contribution in [-0.2, 0) is 9.59 Å². The molecule has 2 aliphatic rings. The molecule has 5 nitrogen and oxygen atoms in total. The maximum atomic E-state index is 12.5. The van der Waals surface area contributed by atoms with Crippen molar-refractivity contribution in [1.29, 1.82) is 0 Å². The van der Waals surface area contributed by atoms with E-state index >= 15 is 0 Å². The molecule has 5 heteroatoms. The van der Waals surface area contributed by atoms with Crippen molar-refractivity contribution in [2.75, 3.05) is 19.7 Å². The molecule has 0 aromatic heterocycles. The second-order valence-corrected chi connectivity index (χ2v) is 6.20. The van der Waals surface area contributed by atoms with E-state index in [1.807, 2.05) is 4.90 Å². The zero-order chi connectivity index (χ0) is 14.5. The Balaban J connectivity index is 1.91. The largest absolute Gasteiger partial charge is 0.481 e. The van der Waals surface area contributed by atoms with Crippen molar-refractivity contribution in [2.45, 2.75) is 44.9 Å². The maximum Gasteiger partial charge on any atom is 0.306 e. The number of amides is 1. The smallest absolute Gasteiger partial charge is 0.306 e. The predicted octanol–water partition coefficient (Wildman–Crippen LogP) is 1.50. The lowest BCUT2D eigenvalue weighted by Gasteiger charge is -2.36. The van der Waals surface area contributed by atoms with Crippen LogP contribution in [0.15, 0.2) is 0 Å². The molecule has 1 heterocycles. The van der Waals surface area contributed by atoms with Crippen LogP contribution >= 0.6 is 0 Å². The summed E-state index contributed by atoms with van der Waals surface area (Å²) in [5.41, 5.74) is 0. The van der Waals surface area contributed by atoms with Gasteiger partial charge in [0.2, 0.25) is 5.91 Å². The van der Waals surface area contributed by atoms with Crippen molar-refractivity contribution in [2.24, 2.45) is 17.8 Å². The highest BCUT2D eigenvalue weighted by Gasteiger charge is 2.34. The highest BCUT2D eigenvalue weighted by Crippen LogP contribution is 2.32. The number of hydrogen-bond donors (Lipinski definition) is 2. The van der Waals surface area contributed by atoms with E-state index in [1.165, 1.54) is 0 Å². The number of piperidine rings is 1. The molecule has 1 aliphatic heterocycles. The van der Waals surface area contributed by atoms with Crippen LogP contribution in [0.5, 0.6) is 0 Å². The Kier molecular flexibility index (Phi) is 5.40. The number of carboxylic acid groups (broad SMARTS) is 1. The molecule has 1 saturated heterocycles. The number of rotatable bonds is 4. The number of carbonyl (C=O) groups is 2. The number of aliphatic carboxylic acids is 1. The Hall–Kier alpha value is -1.10. The van der Waals surface area contributed by atoms with Crippen molar-refractivity contribution < 1.29 is 19.8 Å². The van der Waals surface area contributed by atoms with Gasteiger partial charge >= 0.3 is 5.97 Å². The van der Waals surface area contributed by atoms with Crippen molar-refractivity contribution in [3.63, 3.8) is 0 Å². The minimum absolute atomic E-state index is 0.113. The molecule has 1 aliphatic carbocycles. The number of nitrogens with zero attached hydrogens (tertiary/aromatic N) is 1. The molecule has 0 radical (unpaired) electrons. The van der Waals surface area contributed by atoms with E-state index in [0.29, 0.717) is 18.8 Å². The molecule has 0 aromatic carbocycles. The molecule has 2 fully saturated rings. The Labute approximate surface area is 120 Å². The topological polar surface area (TPSA) is 77.8 Å². The summed E-state index contributed by atoms with van der Waals surface area (Å²) < 4.78 is 0. The van der Waals surface area contributed by atoms with Crippen LogP contribution < -0.4 is 0 Å². The monoisotopic (exact) mass is 283 g/mol. The van der Waals surface area contributed by atoms with Crippen LogP contribution in [0.1, 0.15) is 44.9 Å². The van der Waals surface area contributed by atoms with Gasteiger partial charge in [0.1, 0.15) is 0 Å². The Morgan fingerprint density at radius 3 is 2.55 bits per heavy atom. The fourth-order valence-corrected chi connectivity index (χ4v) is 3.58. The van der Waals surface area contributed by atoms with Gasteiger partial charge in [-0.2, -0.15) is 0 Å². The van der Waals surface area contributed by atoms with Crippen LogP contribution in [0.4, 0.5) is 0 Å². The van der Waals surface area contributed by atoms with Crippen molar-refractivity contribution in [1.82, 2.24) is 4.90 Å². The first kappa shape index (κ1) is 15.3. The molecule has 3 unspecified atom stereocenters. The summed E-state index contributed by atoms with van der Waals surface area (Å²) in [5, 5.41) is 18.1. The van der Waals surface area contributed by atoms with Gasteiger partial charge in [-0.15, -0.1) is 0 Å². The molecule has 2 rings (SSSR count). The Morgan fingerprint density at radius 1 is 1.10 bits per heavy atom. The summed E-state index contributed by atoms with van der Waals surface area (Å²) in [6, 6.07) is 0. The minimum atomic E-state index is -0.765. The number of carbonyl (C=O) groups excluding carboxylic acids is 1. The van der Waals surface area contributed by atoms with Gasteiger partial charge in [-0.05, 0) is 44.4 Å². The van der Waals surface area contributed by atoms with Gasteiger partial charge in [-0.3, -0.25) is 9.59 Å². The van der Waals surface area contributed by atoms with E-state index in [1.54, 1.807) is 0 Å². The molecule has 0 aromatic rings. The molecule has 0 bridgehead atoms. The molecule has 1 saturated carbocycles. The molecule has 0 spiro atoms. The van der Waals surface area contributed by atoms with Gasteiger partial charge in [0, 0.05) is 25.6 Å². The second kappa shape index (κ2) is 7.07. The summed E-state index contributed by atoms with van der Waals surface area (Å²) in [4.78, 5) is 25.5. The van der Waals surface area contributed by atoms with Crippen LogP contribution in [0, 0.1) is 17.8 Å². The average molecular weight is 283 g/mol. The Morgan fingerprint density at radius 2 is 1.85 bits per heavy atom. The van der Waals surface area contributed by atoms with Gasteiger partial charge in [-0.25, -0.2) is 0 Å². The number of carboxylic acids is 1. The van der Waals surface area contributed by atoms with E-state index in [4.69, 9.17) is 10.2 Å². The third-order valence-electron chi connectivity index (χ3n) is 4.74. The zero-order valence-corrected chi connectivity index (χ0v) is 12.0. The molecule has 2 N–H and O–H groups in total. The zero-order valence-electron chi connectivity index (χ0n) is 12.0. The van der Waals surface area contributed by atoms with E-state index in [2.05, 4.69) is 0 Å². The van der Waals surface area contributed by atoms with Gasteiger partial charge in [-0.1, -0.05) is 6.42 Å². The van der Waals surface area contributed by atoms with E-state index in [-0.39, 0.29) is 24.3 Å². The van der Waals surface area contributed by atoms with Gasteiger partial charge in [0.25, 0.3) is 0 Å². The highest BCUT2D eigenvalue weighted by molar-refractivity contribution is 5.80. The summed E-state index contributed by atoms with van der Waals surface area (Å²) in [6.45, 7) is 1.69. The van der Waals surface area contributed by atoms with Crippen molar-refractivity contribution in [3.05, 3.63) is 0 Å². The molecule has 20 heavy (non-hydrogen) atoms. The summed E-state index contributed by atoms with van der Waals surface area (Å²) in [5.74, 6) is -0.692. The molecule has 114 valence electrons. The summed E-state index contributed by atoms with van der Waals surface area (Å²) in [7, 11) is 0. The summed E-state index contributed by atoms with van der Waals surface area (Å²) in [6.07, 6.45) is 5.68. The molecular weight excluding hydrogens is 258 g/mol. The molecule has 1 amide bonds. The van der Waals surface area contributed by atoms with Crippen LogP contribution in [-0.4, -0.2) is 46.7 Å². The third kappa shape index (κ3) is 3.72. The lowest BCUT2D eigenvalue weighted by molar-refractivity contribution is -0.146. The SMILES string of the molecule is O=C(O)C1CCCC(C(=O)N2CCCC(CCO)C2)C1. The van der Waals surface area contributed by atoms with Gasteiger partial charge < -0.3 is 15.1 Å². The molecule has 3 atom stereocenters. The minimum Gasteiger partial charge on any atom is -0.481 e. The first-order chi connectivity index (χ1) is 9.61. The Bertz CT molecular complexity index is 356. The lowest BCUT2D eigenvalue weighted by atomic mass is 9.80. The lowest BCUT2D eigenvalue weighted by Crippen LogP contribution is -2.44.